The summed E-state index contributed by atoms with van der Waals surface area (Å²) < 4.78 is 13.9. The van der Waals surface area contributed by atoms with Crippen molar-refractivity contribution in [1.29, 1.82) is 0 Å². The van der Waals surface area contributed by atoms with E-state index in [4.69, 9.17) is 0 Å². The van der Waals surface area contributed by atoms with Gasteiger partial charge in [0, 0.05) is 6.54 Å². The van der Waals surface area contributed by atoms with Gasteiger partial charge in [0.25, 0.3) is 0 Å². The van der Waals surface area contributed by atoms with Crippen LogP contribution >= 0.6 is 0 Å². The fourth-order valence-electron chi connectivity index (χ4n) is 1.39. The van der Waals surface area contributed by atoms with E-state index in [0.29, 0.717) is 5.75 Å². The molecule has 1 unspecified atom stereocenters. The molecule has 1 aromatic carbocycles. The Bertz CT molecular complexity index is 292. The molecule has 1 rings (SSSR count). The maximum absolute atomic E-state index is 11.9. The molecule has 0 aliphatic heterocycles. The minimum Gasteiger partial charge on any atom is -0.593 e. The number of para-hydroxylation sites is 1. The summed E-state index contributed by atoms with van der Waals surface area (Å²) in [7, 11) is 4.05. The third kappa shape index (κ3) is 4.04. The predicted octanol–water partition coefficient (Wildman–Crippen LogP) is 1.74. The van der Waals surface area contributed by atoms with Gasteiger partial charge in [0.05, 0.1) is 23.6 Å². The molecule has 90 valence electrons. The molecule has 0 spiro atoms. The highest BCUT2D eigenvalue weighted by Crippen LogP contribution is 2.17. The number of likely N-dealkylation sites (N-methyl/N-ethyl adjacent to an activating group) is 1. The minimum atomic E-state index is -0.926. The largest absolute Gasteiger partial charge is 0.593 e. The first kappa shape index (κ1) is 13.4. The van der Waals surface area contributed by atoms with Gasteiger partial charge in [0.15, 0.2) is 0 Å². The second-order valence-electron chi connectivity index (χ2n) is 3.85. The molecule has 0 aliphatic carbocycles. The maximum atomic E-state index is 11.9. The van der Waals surface area contributed by atoms with Crippen molar-refractivity contribution in [2.24, 2.45) is 0 Å². The Morgan fingerprint density at radius 1 is 1.12 bits per heavy atom. The second-order valence-corrected chi connectivity index (χ2v) is 5.51. The Labute approximate surface area is 101 Å². The topological polar surface area (TPSA) is 29.5 Å². The molecule has 16 heavy (non-hydrogen) atoms. The molecule has 0 aliphatic rings. The Morgan fingerprint density at radius 3 is 2.25 bits per heavy atom. The van der Waals surface area contributed by atoms with Gasteiger partial charge in [-0.25, -0.2) is 0 Å². The van der Waals surface area contributed by atoms with Crippen molar-refractivity contribution in [3.63, 3.8) is 0 Å². The summed E-state index contributed by atoms with van der Waals surface area (Å²) >= 11 is -0.926. The lowest BCUT2D eigenvalue weighted by atomic mass is 10.3. The molecule has 0 fully saturated rings. The van der Waals surface area contributed by atoms with Crippen LogP contribution in [0.4, 0.5) is 5.69 Å². The van der Waals surface area contributed by atoms with Gasteiger partial charge in [-0.1, -0.05) is 18.2 Å². The average molecular weight is 240 g/mol. The van der Waals surface area contributed by atoms with E-state index < -0.39 is 11.4 Å². The lowest BCUT2D eigenvalue weighted by molar-refractivity contribution is 0.419. The van der Waals surface area contributed by atoms with Crippen LogP contribution in [0.1, 0.15) is 6.92 Å². The fraction of sp³-hybridized carbons (Fsp3) is 0.500. The van der Waals surface area contributed by atoms with Gasteiger partial charge >= 0.3 is 0 Å². The molecule has 0 N–H and O–H groups in total. The number of nitrogens with zero attached hydrogens (tertiary/aromatic N) is 2. The number of hydrogen-bond donors (Lipinski definition) is 0. The van der Waals surface area contributed by atoms with Crippen LogP contribution in [-0.2, 0) is 11.4 Å². The van der Waals surface area contributed by atoms with Crippen LogP contribution in [-0.4, -0.2) is 42.4 Å². The van der Waals surface area contributed by atoms with Crippen LogP contribution < -0.4 is 4.31 Å². The molecule has 0 saturated heterocycles. The first-order valence-corrected chi connectivity index (χ1v) is 6.78. The van der Waals surface area contributed by atoms with Crippen molar-refractivity contribution in [3.05, 3.63) is 30.3 Å². The first-order valence-electron chi connectivity index (χ1n) is 5.51. The zero-order chi connectivity index (χ0) is 12.0. The van der Waals surface area contributed by atoms with Crippen molar-refractivity contribution in [2.45, 2.75) is 6.92 Å². The summed E-state index contributed by atoms with van der Waals surface area (Å²) in [6.07, 6.45) is 0. The standard InChI is InChI=1S/C12H20N2OS/c1-4-16(15)14(11-10-13(2)3)12-8-6-5-7-9-12/h5-9H,4,10-11H2,1-3H3. The van der Waals surface area contributed by atoms with Crippen molar-refractivity contribution < 1.29 is 4.55 Å². The SMILES string of the molecule is CC[S+]([O-])N(CCN(C)C)c1ccccc1. The first-order chi connectivity index (χ1) is 7.65. The molecule has 4 heteroatoms. The smallest absolute Gasteiger partial charge is 0.128 e. The monoisotopic (exact) mass is 240 g/mol. The molecule has 0 aromatic heterocycles. The number of anilines is 1. The summed E-state index contributed by atoms with van der Waals surface area (Å²) in [5, 5.41) is 0. The number of rotatable bonds is 6. The predicted molar refractivity (Wildman–Crippen MR) is 71.0 cm³/mol. The van der Waals surface area contributed by atoms with Gasteiger partial charge < -0.3 is 9.45 Å². The molecule has 0 radical (unpaired) electrons. The summed E-state index contributed by atoms with van der Waals surface area (Å²) in [6.45, 7) is 3.64. The number of benzene rings is 1. The Hall–Kier alpha value is -0.710. The van der Waals surface area contributed by atoms with E-state index in [2.05, 4.69) is 4.90 Å². The third-order valence-electron chi connectivity index (χ3n) is 2.29. The van der Waals surface area contributed by atoms with E-state index >= 15 is 0 Å². The summed E-state index contributed by atoms with van der Waals surface area (Å²) in [5.41, 5.74) is 1.03. The van der Waals surface area contributed by atoms with Gasteiger partial charge in [-0.2, -0.15) is 4.31 Å². The quantitative estimate of drug-likeness (QED) is 0.709. The molecule has 0 saturated carbocycles. The van der Waals surface area contributed by atoms with Gasteiger partial charge in [-0.15, -0.1) is 0 Å². The normalized spacial score (nSPS) is 12.8. The fourth-order valence-corrected chi connectivity index (χ4v) is 2.34. The Morgan fingerprint density at radius 2 is 1.75 bits per heavy atom. The van der Waals surface area contributed by atoms with Gasteiger partial charge in [-0.05, 0) is 33.2 Å². The van der Waals surface area contributed by atoms with E-state index in [1.807, 2.05) is 55.7 Å². The second kappa shape index (κ2) is 6.78. The highest BCUT2D eigenvalue weighted by atomic mass is 32.2. The molecule has 0 heterocycles. The summed E-state index contributed by atoms with van der Waals surface area (Å²) in [4.78, 5) is 2.10. The van der Waals surface area contributed by atoms with E-state index in [0.717, 1.165) is 18.8 Å². The van der Waals surface area contributed by atoms with Crippen LogP contribution in [0.5, 0.6) is 0 Å². The molecular formula is C12H20N2OS. The van der Waals surface area contributed by atoms with Crippen molar-refractivity contribution in [1.82, 2.24) is 4.90 Å². The highest BCUT2D eigenvalue weighted by molar-refractivity contribution is 7.92. The molecule has 0 bridgehead atoms. The Balaban J connectivity index is 2.71. The zero-order valence-corrected chi connectivity index (χ0v) is 11.0. The summed E-state index contributed by atoms with van der Waals surface area (Å²) in [6, 6.07) is 9.94. The lowest BCUT2D eigenvalue weighted by Crippen LogP contribution is -2.37. The molecular weight excluding hydrogens is 220 g/mol. The van der Waals surface area contributed by atoms with E-state index in [1.165, 1.54) is 0 Å². The Kier molecular flexibility index (Phi) is 5.66. The van der Waals surface area contributed by atoms with Crippen LogP contribution in [0.15, 0.2) is 30.3 Å². The van der Waals surface area contributed by atoms with Crippen LogP contribution in [0.3, 0.4) is 0 Å². The third-order valence-corrected chi connectivity index (χ3v) is 3.67. The molecule has 1 atom stereocenters. The van der Waals surface area contributed by atoms with Gasteiger partial charge in [0.1, 0.15) is 5.75 Å². The number of hydrogen-bond acceptors (Lipinski definition) is 3. The van der Waals surface area contributed by atoms with Crippen molar-refractivity contribution in [2.75, 3.05) is 37.2 Å². The average Bonchev–Trinajstić information content (AvgIpc) is 2.30. The zero-order valence-electron chi connectivity index (χ0n) is 10.2. The highest BCUT2D eigenvalue weighted by Gasteiger charge is 2.17. The van der Waals surface area contributed by atoms with Crippen molar-refractivity contribution >= 4 is 17.0 Å². The van der Waals surface area contributed by atoms with E-state index in [9.17, 15) is 4.55 Å². The molecule has 3 nitrogen and oxygen atoms in total. The van der Waals surface area contributed by atoms with Crippen molar-refractivity contribution in [3.8, 4) is 0 Å². The molecule has 1 aromatic rings. The van der Waals surface area contributed by atoms with Crippen LogP contribution in [0, 0.1) is 0 Å². The minimum absolute atomic E-state index is 0.655. The van der Waals surface area contributed by atoms with Crippen LogP contribution in [0.2, 0.25) is 0 Å². The molecule has 0 amide bonds. The van der Waals surface area contributed by atoms with Gasteiger partial charge in [-0.3, -0.25) is 0 Å². The van der Waals surface area contributed by atoms with E-state index in [-0.39, 0.29) is 0 Å². The van der Waals surface area contributed by atoms with Gasteiger partial charge in [0.2, 0.25) is 0 Å². The maximum Gasteiger partial charge on any atom is 0.128 e. The summed E-state index contributed by atoms with van der Waals surface area (Å²) in [5.74, 6) is 0.655. The van der Waals surface area contributed by atoms with Crippen LogP contribution in [0.25, 0.3) is 0 Å². The van der Waals surface area contributed by atoms with E-state index in [1.54, 1.807) is 0 Å². The lowest BCUT2D eigenvalue weighted by Gasteiger charge is -2.26.